The number of para-hydroxylation sites is 1. The number of carbonyl (C=O) groups excluding carboxylic acids is 1. The van der Waals surface area contributed by atoms with E-state index in [4.69, 9.17) is 4.74 Å². The number of ether oxygens (including phenoxy) is 1. The van der Waals surface area contributed by atoms with Crippen LogP contribution in [0.25, 0.3) is 0 Å². The van der Waals surface area contributed by atoms with Crippen LogP contribution in [0, 0.1) is 20.8 Å². The molecule has 0 saturated heterocycles. The normalized spacial score (nSPS) is 10.1. The SMILES string of the molecule is Cc1ccc(OC(=O)Nc2ccccc2C)cc1C. The van der Waals surface area contributed by atoms with Crippen LogP contribution in [-0.2, 0) is 0 Å². The van der Waals surface area contributed by atoms with Crippen molar-refractivity contribution in [1.29, 1.82) is 0 Å². The van der Waals surface area contributed by atoms with E-state index >= 15 is 0 Å². The fourth-order valence-corrected chi connectivity index (χ4v) is 1.73. The predicted octanol–water partition coefficient (Wildman–Crippen LogP) is 4.22. The van der Waals surface area contributed by atoms with Crippen LogP contribution in [0.15, 0.2) is 42.5 Å². The number of nitrogens with one attached hydrogen (secondary N) is 1. The largest absolute Gasteiger partial charge is 0.417 e. The molecule has 1 N–H and O–H groups in total. The van der Waals surface area contributed by atoms with Gasteiger partial charge in [-0.2, -0.15) is 0 Å². The zero-order valence-electron chi connectivity index (χ0n) is 11.4. The zero-order chi connectivity index (χ0) is 13.8. The van der Waals surface area contributed by atoms with E-state index in [1.807, 2.05) is 57.2 Å². The van der Waals surface area contributed by atoms with Crippen LogP contribution >= 0.6 is 0 Å². The van der Waals surface area contributed by atoms with Crippen LogP contribution < -0.4 is 10.1 Å². The molecule has 2 rings (SSSR count). The summed E-state index contributed by atoms with van der Waals surface area (Å²) in [7, 11) is 0. The molecule has 0 fully saturated rings. The van der Waals surface area contributed by atoms with Crippen LogP contribution in [0.4, 0.5) is 10.5 Å². The van der Waals surface area contributed by atoms with Crippen molar-refractivity contribution < 1.29 is 9.53 Å². The first-order valence-electron chi connectivity index (χ1n) is 6.18. The Bertz CT molecular complexity index is 605. The van der Waals surface area contributed by atoms with E-state index in [1.54, 1.807) is 6.07 Å². The van der Waals surface area contributed by atoms with Gasteiger partial charge in [0.05, 0.1) is 0 Å². The average Bonchev–Trinajstić information content (AvgIpc) is 2.37. The Morgan fingerprint density at radius 2 is 1.68 bits per heavy atom. The fraction of sp³-hybridized carbons (Fsp3) is 0.188. The second-order valence-corrected chi connectivity index (χ2v) is 4.58. The molecular formula is C16H17NO2. The topological polar surface area (TPSA) is 38.3 Å². The van der Waals surface area contributed by atoms with Crippen molar-refractivity contribution in [2.24, 2.45) is 0 Å². The van der Waals surface area contributed by atoms with Crippen LogP contribution in [0.3, 0.4) is 0 Å². The molecule has 0 spiro atoms. The van der Waals surface area contributed by atoms with Crippen LogP contribution in [-0.4, -0.2) is 6.09 Å². The molecule has 0 radical (unpaired) electrons. The molecule has 3 nitrogen and oxygen atoms in total. The average molecular weight is 255 g/mol. The van der Waals surface area contributed by atoms with Crippen molar-refractivity contribution in [3.63, 3.8) is 0 Å². The van der Waals surface area contributed by atoms with Gasteiger partial charge in [0.2, 0.25) is 0 Å². The number of benzene rings is 2. The molecule has 0 atom stereocenters. The molecule has 0 aromatic heterocycles. The van der Waals surface area contributed by atoms with E-state index in [1.165, 1.54) is 5.56 Å². The van der Waals surface area contributed by atoms with Crippen LogP contribution in [0.2, 0.25) is 0 Å². The second-order valence-electron chi connectivity index (χ2n) is 4.58. The minimum absolute atomic E-state index is 0.474. The summed E-state index contributed by atoms with van der Waals surface area (Å²) in [6.45, 7) is 5.94. The molecule has 0 saturated carbocycles. The minimum atomic E-state index is -0.474. The molecule has 0 aliphatic carbocycles. The molecule has 0 heterocycles. The molecule has 0 bridgehead atoms. The molecule has 98 valence electrons. The van der Waals surface area contributed by atoms with Gasteiger partial charge in [-0.05, 0) is 55.7 Å². The van der Waals surface area contributed by atoms with Gasteiger partial charge in [0.25, 0.3) is 0 Å². The van der Waals surface area contributed by atoms with Gasteiger partial charge in [-0.1, -0.05) is 24.3 Å². The van der Waals surface area contributed by atoms with Gasteiger partial charge >= 0.3 is 6.09 Å². The van der Waals surface area contributed by atoms with Gasteiger partial charge in [0.1, 0.15) is 5.75 Å². The number of hydrogen-bond acceptors (Lipinski definition) is 2. The van der Waals surface area contributed by atoms with E-state index in [2.05, 4.69) is 5.32 Å². The summed E-state index contributed by atoms with van der Waals surface area (Å²) in [6, 6.07) is 13.2. The highest BCUT2D eigenvalue weighted by molar-refractivity contribution is 5.87. The summed E-state index contributed by atoms with van der Waals surface area (Å²) in [4.78, 5) is 11.8. The van der Waals surface area contributed by atoms with Gasteiger partial charge in [0.15, 0.2) is 0 Å². The maximum Gasteiger partial charge on any atom is 0.417 e. The molecule has 3 heteroatoms. The first kappa shape index (κ1) is 13.1. The Labute approximate surface area is 113 Å². The lowest BCUT2D eigenvalue weighted by atomic mass is 10.1. The van der Waals surface area contributed by atoms with Gasteiger partial charge in [-0.15, -0.1) is 0 Å². The van der Waals surface area contributed by atoms with E-state index in [-0.39, 0.29) is 0 Å². The molecule has 0 aliphatic rings. The monoisotopic (exact) mass is 255 g/mol. The van der Waals surface area contributed by atoms with Gasteiger partial charge < -0.3 is 4.74 Å². The molecule has 0 aliphatic heterocycles. The zero-order valence-corrected chi connectivity index (χ0v) is 11.4. The quantitative estimate of drug-likeness (QED) is 0.872. The molecule has 19 heavy (non-hydrogen) atoms. The van der Waals surface area contributed by atoms with Crippen molar-refractivity contribution in [1.82, 2.24) is 0 Å². The Hall–Kier alpha value is -2.29. The lowest BCUT2D eigenvalue weighted by Crippen LogP contribution is -2.17. The number of rotatable bonds is 2. The van der Waals surface area contributed by atoms with Crippen LogP contribution in [0.5, 0.6) is 5.75 Å². The molecule has 2 aromatic carbocycles. The molecule has 2 aromatic rings. The Morgan fingerprint density at radius 1 is 0.947 bits per heavy atom. The maximum atomic E-state index is 11.8. The first-order chi connectivity index (χ1) is 9.06. The summed E-state index contributed by atoms with van der Waals surface area (Å²) in [5, 5.41) is 2.73. The summed E-state index contributed by atoms with van der Waals surface area (Å²) in [5.41, 5.74) is 4.03. The highest BCUT2D eigenvalue weighted by Crippen LogP contribution is 2.18. The van der Waals surface area contributed by atoms with E-state index in [0.717, 1.165) is 16.8 Å². The van der Waals surface area contributed by atoms with Gasteiger partial charge in [-0.3, -0.25) is 5.32 Å². The third kappa shape index (κ3) is 3.35. The Balaban J connectivity index is 2.05. The Kier molecular flexibility index (Phi) is 3.85. The summed E-state index contributed by atoms with van der Waals surface area (Å²) in [5.74, 6) is 0.550. The minimum Gasteiger partial charge on any atom is -0.410 e. The van der Waals surface area contributed by atoms with E-state index in [9.17, 15) is 4.79 Å². The number of hydrogen-bond donors (Lipinski definition) is 1. The second kappa shape index (κ2) is 5.57. The van der Waals surface area contributed by atoms with Gasteiger partial charge in [-0.25, -0.2) is 4.79 Å². The van der Waals surface area contributed by atoms with E-state index < -0.39 is 6.09 Å². The highest BCUT2D eigenvalue weighted by Gasteiger charge is 2.07. The fourth-order valence-electron chi connectivity index (χ4n) is 1.73. The van der Waals surface area contributed by atoms with Crippen molar-refractivity contribution in [2.75, 3.05) is 5.32 Å². The third-order valence-corrected chi connectivity index (χ3v) is 3.07. The van der Waals surface area contributed by atoms with E-state index in [0.29, 0.717) is 5.75 Å². The highest BCUT2D eigenvalue weighted by atomic mass is 16.6. The molecular weight excluding hydrogens is 238 g/mol. The van der Waals surface area contributed by atoms with Crippen LogP contribution in [0.1, 0.15) is 16.7 Å². The summed E-state index contributed by atoms with van der Waals surface area (Å²) < 4.78 is 5.26. The lowest BCUT2D eigenvalue weighted by Gasteiger charge is -2.09. The smallest absolute Gasteiger partial charge is 0.410 e. The van der Waals surface area contributed by atoms with Crippen molar-refractivity contribution in [2.45, 2.75) is 20.8 Å². The standard InChI is InChI=1S/C16H17NO2/c1-11-8-9-14(10-13(11)3)19-16(18)17-15-7-5-4-6-12(15)2/h4-10H,1-3H3,(H,17,18). The number of anilines is 1. The predicted molar refractivity (Wildman–Crippen MR) is 76.7 cm³/mol. The summed E-state index contributed by atoms with van der Waals surface area (Å²) in [6.07, 6.45) is -0.474. The number of amides is 1. The maximum absolute atomic E-state index is 11.8. The Morgan fingerprint density at radius 3 is 2.37 bits per heavy atom. The third-order valence-electron chi connectivity index (χ3n) is 3.07. The van der Waals surface area contributed by atoms with Crippen molar-refractivity contribution >= 4 is 11.8 Å². The lowest BCUT2D eigenvalue weighted by molar-refractivity contribution is 0.215. The molecule has 0 unspecified atom stereocenters. The molecule has 1 amide bonds. The first-order valence-corrected chi connectivity index (χ1v) is 6.18. The summed E-state index contributed by atoms with van der Waals surface area (Å²) >= 11 is 0. The van der Waals surface area contributed by atoms with Crippen molar-refractivity contribution in [3.05, 3.63) is 59.2 Å². The van der Waals surface area contributed by atoms with Gasteiger partial charge in [0, 0.05) is 5.69 Å². The van der Waals surface area contributed by atoms with Crippen molar-refractivity contribution in [3.8, 4) is 5.75 Å². The number of aryl methyl sites for hydroxylation is 3. The number of carbonyl (C=O) groups is 1.